The molecule has 1 aliphatic heterocycles. The van der Waals surface area contributed by atoms with Crippen LogP contribution in [0.5, 0.6) is 11.5 Å². The molecule has 5 rings (SSSR count). The van der Waals surface area contributed by atoms with Gasteiger partial charge in [-0.3, -0.25) is 4.79 Å². The molecule has 4 heterocycles. The zero-order valence-electron chi connectivity index (χ0n) is 17.9. The van der Waals surface area contributed by atoms with Crippen LogP contribution in [0, 0.1) is 20.8 Å². The molecule has 1 aromatic carbocycles. The van der Waals surface area contributed by atoms with Crippen molar-refractivity contribution in [3.63, 3.8) is 0 Å². The molecule has 0 fully saturated rings. The van der Waals surface area contributed by atoms with Crippen molar-refractivity contribution in [1.82, 2.24) is 14.8 Å². The molecular formula is C23H21N3O5S. The molecule has 32 heavy (non-hydrogen) atoms. The zero-order valence-corrected chi connectivity index (χ0v) is 18.7. The SMILES string of the molecule is Cc1occc1-c1nnc(SCC(=O)c2cc(C)n(Cc3ccc4c(c3)OCO4)c2C)o1. The Labute approximate surface area is 188 Å². The number of furan rings is 1. The van der Waals surface area contributed by atoms with E-state index in [2.05, 4.69) is 14.8 Å². The van der Waals surface area contributed by atoms with Crippen LogP contribution in [0.15, 0.2) is 50.7 Å². The third-order valence-corrected chi connectivity index (χ3v) is 6.29. The smallest absolute Gasteiger partial charge is 0.277 e. The van der Waals surface area contributed by atoms with E-state index in [1.807, 2.05) is 45.0 Å². The third kappa shape index (κ3) is 3.80. The van der Waals surface area contributed by atoms with Crippen molar-refractivity contribution in [1.29, 1.82) is 0 Å². The van der Waals surface area contributed by atoms with Gasteiger partial charge in [-0.25, -0.2) is 0 Å². The van der Waals surface area contributed by atoms with Crippen molar-refractivity contribution in [3.05, 3.63) is 64.9 Å². The quantitative estimate of drug-likeness (QED) is 0.292. The van der Waals surface area contributed by atoms with Crippen LogP contribution in [0.3, 0.4) is 0 Å². The molecule has 0 saturated carbocycles. The van der Waals surface area contributed by atoms with Crippen LogP contribution in [0.25, 0.3) is 11.5 Å². The van der Waals surface area contributed by atoms with Gasteiger partial charge >= 0.3 is 0 Å². The number of rotatable bonds is 7. The summed E-state index contributed by atoms with van der Waals surface area (Å²) in [5.41, 5.74) is 4.47. The Balaban J connectivity index is 1.28. The number of ether oxygens (including phenoxy) is 2. The first-order valence-corrected chi connectivity index (χ1v) is 11.1. The Bertz CT molecular complexity index is 1300. The van der Waals surface area contributed by atoms with Gasteiger partial charge in [0.1, 0.15) is 5.76 Å². The topological polar surface area (TPSA) is 92.5 Å². The molecule has 0 radical (unpaired) electrons. The van der Waals surface area contributed by atoms with Crippen LogP contribution in [0.2, 0.25) is 0 Å². The number of ketones is 1. The lowest BCUT2D eigenvalue weighted by Crippen LogP contribution is -2.07. The summed E-state index contributed by atoms with van der Waals surface area (Å²) in [5, 5.41) is 8.43. The molecular weight excluding hydrogens is 430 g/mol. The number of benzene rings is 1. The van der Waals surface area contributed by atoms with Crippen LogP contribution in [-0.2, 0) is 6.54 Å². The van der Waals surface area contributed by atoms with Gasteiger partial charge in [0, 0.05) is 23.5 Å². The minimum atomic E-state index is 0.0132. The van der Waals surface area contributed by atoms with Crippen molar-refractivity contribution >= 4 is 17.5 Å². The minimum absolute atomic E-state index is 0.0132. The highest BCUT2D eigenvalue weighted by atomic mass is 32.2. The zero-order chi connectivity index (χ0) is 22.2. The van der Waals surface area contributed by atoms with E-state index in [0.717, 1.165) is 34.0 Å². The van der Waals surface area contributed by atoms with E-state index in [0.29, 0.717) is 29.0 Å². The molecule has 0 bridgehead atoms. The van der Waals surface area contributed by atoms with Crippen LogP contribution < -0.4 is 9.47 Å². The van der Waals surface area contributed by atoms with Gasteiger partial charge in [-0.2, -0.15) is 0 Å². The summed E-state index contributed by atoms with van der Waals surface area (Å²) in [4.78, 5) is 12.9. The first-order chi connectivity index (χ1) is 15.5. The summed E-state index contributed by atoms with van der Waals surface area (Å²) in [5.74, 6) is 2.82. The molecule has 4 aromatic rings. The molecule has 9 heteroatoms. The van der Waals surface area contributed by atoms with Gasteiger partial charge in [-0.15, -0.1) is 10.2 Å². The number of aryl methyl sites for hydroxylation is 2. The Hall–Kier alpha value is -3.46. The van der Waals surface area contributed by atoms with E-state index in [1.54, 1.807) is 12.3 Å². The highest BCUT2D eigenvalue weighted by Gasteiger charge is 2.20. The second-order valence-electron chi connectivity index (χ2n) is 7.53. The van der Waals surface area contributed by atoms with Gasteiger partial charge in [0.2, 0.25) is 6.79 Å². The molecule has 0 amide bonds. The summed E-state index contributed by atoms with van der Waals surface area (Å²) >= 11 is 1.23. The molecule has 0 unspecified atom stereocenters. The van der Waals surface area contributed by atoms with Gasteiger partial charge in [0.15, 0.2) is 17.3 Å². The fourth-order valence-electron chi connectivity index (χ4n) is 3.74. The molecule has 8 nitrogen and oxygen atoms in total. The normalized spacial score (nSPS) is 12.5. The van der Waals surface area contributed by atoms with Crippen molar-refractivity contribution in [3.8, 4) is 23.0 Å². The van der Waals surface area contributed by atoms with Crippen molar-refractivity contribution < 1.29 is 23.1 Å². The van der Waals surface area contributed by atoms with E-state index < -0.39 is 0 Å². The summed E-state index contributed by atoms with van der Waals surface area (Å²) < 4.78 is 23.9. The first kappa shape index (κ1) is 20.4. The van der Waals surface area contributed by atoms with E-state index in [9.17, 15) is 4.79 Å². The number of Topliss-reactive ketones (excluding diaryl/α,β-unsaturated/α-hetero) is 1. The number of hydrogen-bond donors (Lipinski definition) is 0. The van der Waals surface area contributed by atoms with Gasteiger partial charge in [-0.05, 0) is 50.6 Å². The average molecular weight is 452 g/mol. The van der Waals surface area contributed by atoms with Crippen LogP contribution in [0.4, 0.5) is 0 Å². The summed E-state index contributed by atoms with van der Waals surface area (Å²) in [6.07, 6.45) is 1.57. The maximum Gasteiger partial charge on any atom is 0.277 e. The molecule has 1 aliphatic rings. The Kier molecular flexibility index (Phi) is 5.26. The molecule has 0 aliphatic carbocycles. The Morgan fingerprint density at radius 2 is 1.94 bits per heavy atom. The van der Waals surface area contributed by atoms with Crippen molar-refractivity contribution in [2.45, 2.75) is 32.5 Å². The maximum atomic E-state index is 12.9. The lowest BCUT2D eigenvalue weighted by atomic mass is 10.1. The number of carbonyl (C=O) groups excluding carboxylic acids is 1. The minimum Gasteiger partial charge on any atom is -0.469 e. The van der Waals surface area contributed by atoms with Crippen LogP contribution in [0.1, 0.15) is 33.1 Å². The second-order valence-corrected chi connectivity index (χ2v) is 8.46. The Morgan fingerprint density at radius 3 is 2.75 bits per heavy atom. The number of nitrogens with zero attached hydrogens (tertiary/aromatic N) is 3. The summed E-state index contributed by atoms with van der Waals surface area (Å²) in [6, 6.07) is 9.61. The Morgan fingerprint density at radius 1 is 1.09 bits per heavy atom. The summed E-state index contributed by atoms with van der Waals surface area (Å²) in [7, 11) is 0. The first-order valence-electron chi connectivity index (χ1n) is 10.1. The summed E-state index contributed by atoms with van der Waals surface area (Å²) in [6.45, 7) is 6.69. The maximum absolute atomic E-state index is 12.9. The average Bonchev–Trinajstić information content (AvgIpc) is 3.56. The van der Waals surface area contributed by atoms with Gasteiger partial charge < -0.3 is 22.9 Å². The predicted molar refractivity (Wildman–Crippen MR) is 117 cm³/mol. The lowest BCUT2D eigenvalue weighted by Gasteiger charge is -2.10. The van der Waals surface area contributed by atoms with Gasteiger partial charge in [-0.1, -0.05) is 17.8 Å². The fraction of sp³-hybridized carbons (Fsp3) is 0.261. The molecule has 0 atom stereocenters. The lowest BCUT2D eigenvalue weighted by molar-refractivity contribution is 0.102. The van der Waals surface area contributed by atoms with Gasteiger partial charge in [0.05, 0.1) is 17.6 Å². The van der Waals surface area contributed by atoms with Crippen molar-refractivity contribution in [2.75, 3.05) is 12.5 Å². The van der Waals surface area contributed by atoms with E-state index in [4.69, 9.17) is 18.3 Å². The number of carbonyl (C=O) groups is 1. The highest BCUT2D eigenvalue weighted by molar-refractivity contribution is 7.99. The van der Waals surface area contributed by atoms with Crippen LogP contribution >= 0.6 is 11.8 Å². The monoisotopic (exact) mass is 451 g/mol. The second kappa shape index (κ2) is 8.23. The van der Waals surface area contributed by atoms with Crippen molar-refractivity contribution in [2.24, 2.45) is 0 Å². The highest BCUT2D eigenvalue weighted by Crippen LogP contribution is 2.33. The molecule has 0 spiro atoms. The standard InChI is InChI=1S/C23H21N3O5S/c1-13-8-18(14(2)26(13)10-16-4-5-20-21(9-16)30-12-29-20)19(27)11-32-23-25-24-22(31-23)17-6-7-28-15(17)3/h4-9H,10-12H2,1-3H3. The fourth-order valence-corrected chi connectivity index (χ4v) is 4.38. The number of aromatic nitrogens is 3. The molecule has 164 valence electrons. The third-order valence-electron chi connectivity index (χ3n) is 5.47. The van der Waals surface area contributed by atoms with Crippen LogP contribution in [-0.4, -0.2) is 33.1 Å². The van der Waals surface area contributed by atoms with E-state index in [1.165, 1.54) is 11.8 Å². The predicted octanol–water partition coefficient (Wildman–Crippen LogP) is 4.81. The number of thioether (sulfide) groups is 1. The van der Waals surface area contributed by atoms with E-state index >= 15 is 0 Å². The number of fused-ring (bicyclic) bond motifs is 1. The largest absolute Gasteiger partial charge is 0.469 e. The number of hydrogen-bond acceptors (Lipinski definition) is 8. The molecule has 3 aromatic heterocycles. The van der Waals surface area contributed by atoms with E-state index in [-0.39, 0.29) is 18.3 Å². The van der Waals surface area contributed by atoms with Gasteiger partial charge in [0.25, 0.3) is 11.1 Å². The molecule has 0 N–H and O–H groups in total. The molecule has 0 saturated heterocycles.